The molecule has 8 nitrogen and oxygen atoms in total. The number of guanidine groups is 1. The highest BCUT2D eigenvalue weighted by atomic mass is 127. The molecule has 0 saturated carbocycles. The summed E-state index contributed by atoms with van der Waals surface area (Å²) in [5, 5.41) is 6.65. The number of hydrogen-bond donors (Lipinski definition) is 2. The summed E-state index contributed by atoms with van der Waals surface area (Å²) in [5.74, 6) is 1.62. The predicted molar refractivity (Wildman–Crippen MR) is 119 cm³/mol. The second-order valence-corrected chi connectivity index (χ2v) is 6.05. The Morgan fingerprint density at radius 3 is 2.41 bits per heavy atom. The molecule has 0 aliphatic carbocycles. The third-order valence-corrected chi connectivity index (χ3v) is 4.31. The molecule has 9 heteroatoms. The van der Waals surface area contributed by atoms with E-state index >= 15 is 0 Å². The third kappa shape index (κ3) is 6.90. The molecule has 1 fully saturated rings. The van der Waals surface area contributed by atoms with Gasteiger partial charge in [0.1, 0.15) is 0 Å². The lowest BCUT2D eigenvalue weighted by Gasteiger charge is -2.34. The molecule has 0 bridgehead atoms. The van der Waals surface area contributed by atoms with Crippen LogP contribution in [-0.2, 0) is 6.54 Å². The second-order valence-electron chi connectivity index (χ2n) is 6.05. The van der Waals surface area contributed by atoms with Crippen molar-refractivity contribution in [2.45, 2.75) is 6.54 Å². The average Bonchev–Trinajstić information content (AvgIpc) is 2.72. The van der Waals surface area contributed by atoms with Crippen LogP contribution in [0.4, 0.5) is 5.95 Å². The van der Waals surface area contributed by atoms with Crippen LogP contribution < -0.4 is 15.5 Å². The summed E-state index contributed by atoms with van der Waals surface area (Å²) in [4.78, 5) is 21.9. The molecule has 0 aromatic carbocycles. The van der Waals surface area contributed by atoms with Crippen molar-refractivity contribution in [2.24, 2.45) is 4.99 Å². The van der Waals surface area contributed by atoms with Crippen LogP contribution >= 0.6 is 24.0 Å². The van der Waals surface area contributed by atoms with Gasteiger partial charge in [0.25, 0.3) is 0 Å². The van der Waals surface area contributed by atoms with Gasteiger partial charge in [-0.1, -0.05) is 6.07 Å². The Balaban J connectivity index is 0.00000261. The highest BCUT2D eigenvalue weighted by molar-refractivity contribution is 14.0. The van der Waals surface area contributed by atoms with E-state index in [1.807, 2.05) is 24.3 Å². The molecule has 1 aliphatic rings. The molecule has 2 aromatic rings. The Morgan fingerprint density at radius 2 is 1.74 bits per heavy atom. The van der Waals surface area contributed by atoms with Gasteiger partial charge in [0.15, 0.2) is 5.96 Å². The Morgan fingerprint density at radius 1 is 1.00 bits per heavy atom. The number of nitrogens with one attached hydrogen (secondary N) is 2. The minimum atomic E-state index is 0. The van der Waals surface area contributed by atoms with Crippen molar-refractivity contribution in [3.63, 3.8) is 0 Å². The van der Waals surface area contributed by atoms with Gasteiger partial charge < -0.3 is 15.5 Å². The summed E-state index contributed by atoms with van der Waals surface area (Å²) >= 11 is 0. The summed E-state index contributed by atoms with van der Waals surface area (Å²) in [6.45, 7) is 6.43. The molecule has 27 heavy (non-hydrogen) atoms. The van der Waals surface area contributed by atoms with Crippen molar-refractivity contribution in [3.8, 4) is 0 Å². The van der Waals surface area contributed by atoms with E-state index in [0.29, 0.717) is 6.54 Å². The van der Waals surface area contributed by atoms with Crippen molar-refractivity contribution in [1.29, 1.82) is 0 Å². The molecule has 0 atom stereocenters. The molecule has 3 rings (SSSR count). The Bertz CT molecular complexity index is 674. The summed E-state index contributed by atoms with van der Waals surface area (Å²) in [6.07, 6.45) is 5.39. The van der Waals surface area contributed by atoms with Gasteiger partial charge in [-0.2, -0.15) is 0 Å². The summed E-state index contributed by atoms with van der Waals surface area (Å²) in [6, 6.07) is 7.75. The van der Waals surface area contributed by atoms with Crippen molar-refractivity contribution in [1.82, 2.24) is 30.5 Å². The zero-order valence-corrected chi connectivity index (χ0v) is 17.9. The van der Waals surface area contributed by atoms with Crippen LogP contribution in [0, 0.1) is 0 Å². The van der Waals surface area contributed by atoms with Crippen molar-refractivity contribution < 1.29 is 0 Å². The lowest BCUT2D eigenvalue weighted by molar-refractivity contribution is 0.260. The van der Waals surface area contributed by atoms with E-state index in [4.69, 9.17) is 0 Å². The monoisotopic (exact) mass is 482 g/mol. The molecular formula is C18H27IN8. The number of pyridine rings is 1. The van der Waals surface area contributed by atoms with Gasteiger partial charge >= 0.3 is 0 Å². The molecule has 0 radical (unpaired) electrons. The predicted octanol–water partition coefficient (Wildman–Crippen LogP) is 0.977. The minimum absolute atomic E-state index is 0. The standard InChI is InChI=1S/C18H26N8.HI/c1-19-17(24-15-16-5-2-3-6-20-16)21-9-10-25-11-13-26(14-12-25)18-22-7-4-8-23-18;/h2-8H,9-15H2,1H3,(H2,19,21,24);1H. The Labute approximate surface area is 177 Å². The molecule has 2 N–H and O–H groups in total. The fourth-order valence-electron chi connectivity index (χ4n) is 2.86. The summed E-state index contributed by atoms with van der Waals surface area (Å²) < 4.78 is 0. The molecule has 0 unspecified atom stereocenters. The largest absolute Gasteiger partial charge is 0.355 e. The van der Waals surface area contributed by atoms with E-state index in [1.54, 1.807) is 25.6 Å². The van der Waals surface area contributed by atoms with Crippen LogP contribution in [0.25, 0.3) is 0 Å². The first kappa shape index (κ1) is 21.3. The highest BCUT2D eigenvalue weighted by Gasteiger charge is 2.18. The van der Waals surface area contributed by atoms with E-state index in [-0.39, 0.29) is 24.0 Å². The second kappa shape index (κ2) is 11.7. The number of aromatic nitrogens is 3. The first-order valence-corrected chi connectivity index (χ1v) is 8.94. The lowest BCUT2D eigenvalue weighted by Crippen LogP contribution is -2.49. The quantitative estimate of drug-likeness (QED) is 0.361. The van der Waals surface area contributed by atoms with E-state index < -0.39 is 0 Å². The van der Waals surface area contributed by atoms with Gasteiger partial charge in [-0.05, 0) is 18.2 Å². The van der Waals surface area contributed by atoms with Crippen molar-refractivity contribution in [2.75, 3.05) is 51.2 Å². The van der Waals surface area contributed by atoms with Crippen LogP contribution in [0.3, 0.4) is 0 Å². The van der Waals surface area contributed by atoms with Gasteiger partial charge in [-0.25, -0.2) is 9.97 Å². The van der Waals surface area contributed by atoms with Gasteiger partial charge in [-0.15, -0.1) is 24.0 Å². The Hall–Kier alpha value is -2.01. The van der Waals surface area contributed by atoms with Gasteiger partial charge in [0.2, 0.25) is 5.95 Å². The summed E-state index contributed by atoms with van der Waals surface area (Å²) in [7, 11) is 1.78. The van der Waals surface area contributed by atoms with Crippen molar-refractivity contribution in [3.05, 3.63) is 48.5 Å². The van der Waals surface area contributed by atoms with Crippen molar-refractivity contribution >= 4 is 35.9 Å². The topological polar surface area (TPSA) is 81.6 Å². The fraction of sp³-hybridized carbons (Fsp3) is 0.444. The van der Waals surface area contributed by atoms with Crippen LogP contribution in [0.2, 0.25) is 0 Å². The molecule has 1 aliphatic heterocycles. The molecule has 3 heterocycles. The maximum Gasteiger partial charge on any atom is 0.225 e. The smallest absolute Gasteiger partial charge is 0.225 e. The van der Waals surface area contributed by atoms with E-state index in [1.165, 1.54) is 0 Å². The fourth-order valence-corrected chi connectivity index (χ4v) is 2.86. The Kier molecular flexibility index (Phi) is 9.19. The number of piperazine rings is 1. The SMILES string of the molecule is CN=C(NCCN1CCN(c2ncccn2)CC1)NCc1ccccn1.I. The maximum absolute atomic E-state index is 4.32. The number of hydrogen-bond acceptors (Lipinski definition) is 6. The number of halogens is 1. The normalized spacial score (nSPS) is 15.1. The van der Waals surface area contributed by atoms with Gasteiger partial charge in [0.05, 0.1) is 12.2 Å². The summed E-state index contributed by atoms with van der Waals surface area (Å²) in [5.41, 5.74) is 0.995. The molecular weight excluding hydrogens is 455 g/mol. The van der Waals surface area contributed by atoms with Crippen LogP contribution in [0.15, 0.2) is 47.8 Å². The molecule has 146 valence electrons. The number of nitrogens with zero attached hydrogens (tertiary/aromatic N) is 6. The average molecular weight is 482 g/mol. The third-order valence-electron chi connectivity index (χ3n) is 4.31. The molecule has 1 saturated heterocycles. The number of anilines is 1. The van der Waals surface area contributed by atoms with E-state index in [9.17, 15) is 0 Å². The molecule has 2 aromatic heterocycles. The lowest BCUT2D eigenvalue weighted by atomic mass is 10.3. The van der Waals surface area contributed by atoms with Gasteiger partial charge in [0, 0.05) is 64.9 Å². The van der Waals surface area contributed by atoms with E-state index in [2.05, 4.69) is 40.4 Å². The van der Waals surface area contributed by atoms with Crippen LogP contribution in [0.5, 0.6) is 0 Å². The first-order chi connectivity index (χ1) is 12.8. The number of aliphatic imine (C=N–C) groups is 1. The first-order valence-electron chi connectivity index (χ1n) is 8.94. The van der Waals surface area contributed by atoms with Gasteiger partial charge in [-0.3, -0.25) is 14.9 Å². The highest BCUT2D eigenvalue weighted by Crippen LogP contribution is 2.08. The van der Waals surface area contributed by atoms with Crippen LogP contribution in [0.1, 0.15) is 5.69 Å². The number of rotatable bonds is 6. The zero-order valence-electron chi connectivity index (χ0n) is 15.6. The minimum Gasteiger partial charge on any atom is -0.355 e. The maximum atomic E-state index is 4.32. The molecule has 0 spiro atoms. The zero-order chi connectivity index (χ0) is 18.0. The van der Waals surface area contributed by atoms with Crippen LogP contribution in [-0.4, -0.2) is 72.1 Å². The molecule has 0 amide bonds. The van der Waals surface area contributed by atoms with E-state index in [0.717, 1.165) is 56.9 Å².